The highest BCUT2D eigenvalue weighted by Gasteiger charge is 2.12. The quantitative estimate of drug-likeness (QED) is 0.501. The van der Waals surface area contributed by atoms with Gasteiger partial charge >= 0.3 is 5.97 Å². The monoisotopic (exact) mass is 172 g/mol. The van der Waals surface area contributed by atoms with E-state index in [4.69, 9.17) is 0 Å². The van der Waals surface area contributed by atoms with Crippen LogP contribution in [0.5, 0.6) is 0 Å². The van der Waals surface area contributed by atoms with Gasteiger partial charge in [0, 0.05) is 0 Å². The Kier molecular flexibility index (Phi) is 5.37. The summed E-state index contributed by atoms with van der Waals surface area (Å²) in [4.78, 5) is 10.9. The number of rotatable bonds is 5. The molecule has 0 aromatic carbocycles. The van der Waals surface area contributed by atoms with Crippen LogP contribution in [0.25, 0.3) is 0 Å². The van der Waals surface area contributed by atoms with E-state index in [9.17, 15) is 9.90 Å². The normalized spacial score (nSPS) is 12.2. The molecule has 1 atom stereocenters. The summed E-state index contributed by atoms with van der Waals surface area (Å²) in [5.74, 6) is -0.375. The van der Waals surface area contributed by atoms with Gasteiger partial charge in [-0.1, -0.05) is 13.5 Å². The lowest BCUT2D eigenvalue weighted by Gasteiger charge is -2.10. The van der Waals surface area contributed by atoms with Gasteiger partial charge in [0.15, 0.2) is 0 Å². The fourth-order valence-electron chi connectivity index (χ4n) is 0.758. The molecule has 1 unspecified atom stereocenters. The number of hydrogen-bond acceptors (Lipinski definition) is 3. The first kappa shape index (κ1) is 11.2. The number of aliphatic hydroxyl groups excluding tert-OH is 1. The maximum absolute atomic E-state index is 10.9. The van der Waals surface area contributed by atoms with Crippen LogP contribution in [0.3, 0.4) is 0 Å². The van der Waals surface area contributed by atoms with Crippen molar-refractivity contribution in [3.05, 3.63) is 12.2 Å². The van der Waals surface area contributed by atoms with E-state index in [-0.39, 0.29) is 12.4 Å². The fraction of sp³-hybridized carbons (Fsp3) is 0.667. The highest BCUT2D eigenvalue weighted by atomic mass is 16.5. The largest absolute Gasteiger partial charge is 0.466 e. The number of carbonyl (C=O) groups excluding carboxylic acids is 1. The highest BCUT2D eigenvalue weighted by Crippen LogP contribution is 2.08. The van der Waals surface area contributed by atoms with E-state index in [1.807, 2.05) is 6.92 Å². The van der Waals surface area contributed by atoms with Gasteiger partial charge in [-0.15, -0.1) is 0 Å². The van der Waals surface area contributed by atoms with E-state index in [0.29, 0.717) is 18.6 Å². The van der Waals surface area contributed by atoms with E-state index in [2.05, 4.69) is 11.3 Å². The first-order chi connectivity index (χ1) is 5.61. The Balaban J connectivity index is 3.75. The third-order valence-electron chi connectivity index (χ3n) is 1.59. The summed E-state index contributed by atoms with van der Waals surface area (Å²) in [5, 5.41) is 9.31. The Morgan fingerprint density at radius 3 is 2.58 bits per heavy atom. The molecule has 0 heterocycles. The van der Waals surface area contributed by atoms with E-state index in [1.54, 1.807) is 6.92 Å². The van der Waals surface area contributed by atoms with Crippen molar-refractivity contribution in [3.8, 4) is 0 Å². The van der Waals surface area contributed by atoms with Crippen LogP contribution in [0.4, 0.5) is 0 Å². The zero-order valence-electron chi connectivity index (χ0n) is 7.67. The molecule has 0 saturated carbocycles. The van der Waals surface area contributed by atoms with Crippen LogP contribution in [0.15, 0.2) is 12.2 Å². The van der Waals surface area contributed by atoms with Crippen molar-refractivity contribution < 1.29 is 14.6 Å². The van der Waals surface area contributed by atoms with Gasteiger partial charge in [0.05, 0.1) is 19.1 Å². The third-order valence-corrected chi connectivity index (χ3v) is 1.59. The van der Waals surface area contributed by atoms with Crippen LogP contribution in [0.2, 0.25) is 0 Å². The summed E-state index contributed by atoms with van der Waals surface area (Å²) in [6.45, 7) is 7.60. The lowest BCUT2D eigenvalue weighted by Crippen LogP contribution is -2.17. The van der Waals surface area contributed by atoms with Crippen molar-refractivity contribution in [2.24, 2.45) is 0 Å². The summed E-state index contributed by atoms with van der Waals surface area (Å²) in [5.41, 5.74) is 0.669. The zero-order chi connectivity index (χ0) is 9.56. The number of esters is 1. The molecule has 0 aliphatic heterocycles. The minimum Gasteiger partial charge on any atom is -0.466 e. The Bertz CT molecular complexity index is 163. The molecule has 0 aromatic heterocycles. The summed E-state index contributed by atoms with van der Waals surface area (Å²) in [6, 6.07) is 0. The topological polar surface area (TPSA) is 46.5 Å². The molecule has 0 saturated heterocycles. The summed E-state index contributed by atoms with van der Waals surface area (Å²) in [6.07, 6.45) is -0.0600. The molecule has 0 aromatic rings. The average molecular weight is 172 g/mol. The second kappa shape index (κ2) is 5.77. The molecule has 12 heavy (non-hydrogen) atoms. The molecule has 0 bridgehead atoms. The summed E-state index contributed by atoms with van der Waals surface area (Å²) in [7, 11) is 0. The van der Waals surface area contributed by atoms with Crippen LogP contribution in [-0.2, 0) is 9.53 Å². The van der Waals surface area contributed by atoms with Crippen molar-refractivity contribution in [1.82, 2.24) is 0 Å². The van der Waals surface area contributed by atoms with Crippen LogP contribution < -0.4 is 0 Å². The smallest absolute Gasteiger partial charge is 0.308 e. The zero-order valence-corrected chi connectivity index (χ0v) is 7.67. The van der Waals surface area contributed by atoms with Crippen molar-refractivity contribution in [1.29, 1.82) is 0 Å². The van der Waals surface area contributed by atoms with Crippen molar-refractivity contribution in [3.63, 3.8) is 0 Å². The van der Waals surface area contributed by atoms with Gasteiger partial charge in [0.25, 0.3) is 0 Å². The molecule has 0 rings (SSSR count). The minimum absolute atomic E-state index is 0.0144. The van der Waals surface area contributed by atoms with Crippen molar-refractivity contribution in [2.45, 2.75) is 32.8 Å². The Labute approximate surface area is 73.0 Å². The SMILES string of the molecule is C=C(CC)C(O)CC(=O)OCC. The summed E-state index contributed by atoms with van der Waals surface area (Å²) >= 11 is 0. The molecule has 0 amide bonds. The maximum Gasteiger partial charge on any atom is 0.308 e. The van der Waals surface area contributed by atoms with Crippen LogP contribution in [0, 0.1) is 0 Å². The van der Waals surface area contributed by atoms with E-state index < -0.39 is 6.10 Å². The minimum atomic E-state index is -0.756. The molecule has 0 fully saturated rings. The molecule has 0 spiro atoms. The third kappa shape index (κ3) is 4.13. The summed E-state index contributed by atoms with van der Waals surface area (Å²) < 4.78 is 4.67. The second-order valence-electron chi connectivity index (χ2n) is 2.54. The first-order valence-corrected chi connectivity index (χ1v) is 4.13. The molecule has 0 aliphatic rings. The molecular weight excluding hydrogens is 156 g/mol. The van der Waals surface area contributed by atoms with E-state index >= 15 is 0 Å². The lowest BCUT2D eigenvalue weighted by atomic mass is 10.1. The predicted octanol–water partition coefficient (Wildman–Crippen LogP) is 1.27. The first-order valence-electron chi connectivity index (χ1n) is 4.13. The number of aliphatic hydroxyl groups is 1. The molecule has 3 heteroatoms. The van der Waals surface area contributed by atoms with E-state index in [1.165, 1.54) is 0 Å². The Hall–Kier alpha value is -0.830. The number of hydrogen-bond donors (Lipinski definition) is 1. The van der Waals surface area contributed by atoms with Crippen LogP contribution >= 0.6 is 0 Å². The van der Waals surface area contributed by atoms with Gasteiger partial charge in [-0.05, 0) is 18.9 Å². The molecular formula is C9H16O3. The van der Waals surface area contributed by atoms with E-state index in [0.717, 1.165) is 0 Å². The Morgan fingerprint density at radius 2 is 2.17 bits per heavy atom. The van der Waals surface area contributed by atoms with Gasteiger partial charge in [-0.25, -0.2) is 0 Å². The highest BCUT2D eigenvalue weighted by molar-refractivity contribution is 5.70. The maximum atomic E-state index is 10.9. The molecule has 0 radical (unpaired) electrons. The van der Waals surface area contributed by atoms with Crippen LogP contribution in [0.1, 0.15) is 26.7 Å². The standard InChI is InChI=1S/C9H16O3/c1-4-7(3)8(10)6-9(11)12-5-2/h8,10H,3-6H2,1-2H3. The van der Waals surface area contributed by atoms with Gasteiger partial charge in [0.2, 0.25) is 0 Å². The Morgan fingerprint density at radius 1 is 1.58 bits per heavy atom. The second-order valence-corrected chi connectivity index (χ2v) is 2.54. The van der Waals surface area contributed by atoms with Crippen molar-refractivity contribution >= 4 is 5.97 Å². The van der Waals surface area contributed by atoms with Crippen molar-refractivity contribution in [2.75, 3.05) is 6.61 Å². The molecule has 1 N–H and O–H groups in total. The van der Waals surface area contributed by atoms with Gasteiger partial charge in [-0.3, -0.25) is 4.79 Å². The van der Waals surface area contributed by atoms with Crippen LogP contribution in [-0.4, -0.2) is 23.8 Å². The fourth-order valence-corrected chi connectivity index (χ4v) is 0.758. The number of carbonyl (C=O) groups is 1. The molecule has 0 aliphatic carbocycles. The molecule has 3 nitrogen and oxygen atoms in total. The van der Waals surface area contributed by atoms with Gasteiger partial charge in [-0.2, -0.15) is 0 Å². The molecule has 70 valence electrons. The number of ether oxygens (including phenoxy) is 1. The lowest BCUT2D eigenvalue weighted by molar-refractivity contribution is -0.144. The van der Waals surface area contributed by atoms with Gasteiger partial charge in [0.1, 0.15) is 0 Å². The predicted molar refractivity (Wildman–Crippen MR) is 46.7 cm³/mol. The average Bonchev–Trinajstić information content (AvgIpc) is 2.03. The van der Waals surface area contributed by atoms with Gasteiger partial charge < -0.3 is 9.84 Å².